The molecule has 17 heavy (non-hydrogen) atoms. The van der Waals surface area contributed by atoms with Crippen molar-refractivity contribution in [2.24, 2.45) is 0 Å². The molecule has 3 heteroatoms. The van der Waals surface area contributed by atoms with Gasteiger partial charge in [0.05, 0.1) is 12.6 Å². The van der Waals surface area contributed by atoms with E-state index in [4.69, 9.17) is 12.8 Å². The smallest absolute Gasteiger partial charge is 0.0794 e. The topological polar surface area (TPSA) is 26.7 Å². The Balaban J connectivity index is 4.00. The molecule has 1 atom stereocenters. The molecule has 0 aliphatic rings. The van der Waals surface area contributed by atoms with Crippen molar-refractivity contribution in [3.05, 3.63) is 0 Å². The summed E-state index contributed by atoms with van der Waals surface area (Å²) >= 11 is 0. The number of aliphatic hydroxyl groups is 1. The molecule has 0 aromatic carbocycles. The monoisotopic (exact) mass is 236 g/mol. The summed E-state index contributed by atoms with van der Waals surface area (Å²) in [5, 5.41) is 9.97. The second-order valence-corrected chi connectivity index (χ2v) is 4.03. The van der Waals surface area contributed by atoms with E-state index >= 15 is 0 Å². The maximum absolute atomic E-state index is 9.97. The fourth-order valence-electron chi connectivity index (χ4n) is 1.69. The summed E-state index contributed by atoms with van der Waals surface area (Å²) in [5.41, 5.74) is 0. The van der Waals surface area contributed by atoms with Crippen LogP contribution in [-0.2, 0) is 0 Å². The summed E-state index contributed by atoms with van der Waals surface area (Å²) in [4.78, 5) is 4.22. The van der Waals surface area contributed by atoms with E-state index in [1.165, 1.54) is 0 Å². The zero-order valence-corrected chi connectivity index (χ0v) is 11.0. The van der Waals surface area contributed by atoms with Crippen LogP contribution in [0.1, 0.15) is 20.3 Å². The summed E-state index contributed by atoms with van der Waals surface area (Å²) < 4.78 is 0. The molecular weight excluding hydrogens is 212 g/mol. The molecular formula is C14H24N2O. The van der Waals surface area contributed by atoms with Crippen molar-refractivity contribution >= 4 is 0 Å². The molecule has 0 aliphatic heterocycles. The predicted octanol–water partition coefficient (Wildman–Crippen LogP) is 0.648. The van der Waals surface area contributed by atoms with Gasteiger partial charge in [-0.15, -0.1) is 18.8 Å². The lowest BCUT2D eigenvalue weighted by molar-refractivity contribution is 0.0823. The molecule has 0 amide bonds. The molecule has 0 aromatic heterocycles. The van der Waals surface area contributed by atoms with Crippen molar-refractivity contribution in [2.45, 2.75) is 26.4 Å². The van der Waals surface area contributed by atoms with E-state index in [-0.39, 0.29) is 6.10 Å². The standard InChI is InChI=1S/C14H24N2O/c1-5-9-11-16(8-4)13-14(17)12-15(7-3)10-6-2/h1-2,14,17H,7-13H2,3-4H3. The van der Waals surface area contributed by atoms with E-state index in [0.717, 1.165) is 26.1 Å². The molecule has 0 saturated heterocycles. The molecule has 0 aliphatic carbocycles. The molecule has 3 nitrogen and oxygen atoms in total. The average Bonchev–Trinajstić information content (AvgIpc) is 2.33. The van der Waals surface area contributed by atoms with Crippen molar-refractivity contribution in [3.8, 4) is 24.7 Å². The summed E-state index contributed by atoms with van der Waals surface area (Å²) in [7, 11) is 0. The lowest BCUT2D eigenvalue weighted by Gasteiger charge is -2.26. The van der Waals surface area contributed by atoms with Crippen LogP contribution in [0.25, 0.3) is 0 Å². The van der Waals surface area contributed by atoms with Crippen LogP contribution in [-0.4, -0.2) is 60.3 Å². The first-order valence-corrected chi connectivity index (χ1v) is 6.17. The van der Waals surface area contributed by atoms with Crippen molar-refractivity contribution in [2.75, 3.05) is 39.3 Å². The van der Waals surface area contributed by atoms with Crippen LogP contribution >= 0.6 is 0 Å². The van der Waals surface area contributed by atoms with E-state index in [9.17, 15) is 5.11 Å². The minimum atomic E-state index is -0.374. The van der Waals surface area contributed by atoms with Crippen molar-refractivity contribution < 1.29 is 5.11 Å². The summed E-state index contributed by atoms with van der Waals surface area (Å²) in [6.07, 6.45) is 10.9. The number of hydrogen-bond acceptors (Lipinski definition) is 3. The second-order valence-electron chi connectivity index (χ2n) is 4.03. The fraction of sp³-hybridized carbons (Fsp3) is 0.714. The van der Waals surface area contributed by atoms with E-state index in [1.807, 2.05) is 6.92 Å². The van der Waals surface area contributed by atoms with Gasteiger partial charge in [0.15, 0.2) is 0 Å². The van der Waals surface area contributed by atoms with Gasteiger partial charge in [-0.3, -0.25) is 4.90 Å². The highest BCUT2D eigenvalue weighted by atomic mass is 16.3. The van der Waals surface area contributed by atoms with Gasteiger partial charge in [-0.2, -0.15) is 0 Å². The quantitative estimate of drug-likeness (QED) is 0.595. The summed E-state index contributed by atoms with van der Waals surface area (Å²) in [5.74, 6) is 5.22. The van der Waals surface area contributed by atoms with E-state index in [2.05, 4.69) is 28.6 Å². The highest BCUT2D eigenvalue weighted by molar-refractivity contribution is 4.89. The molecule has 1 N–H and O–H groups in total. The number of aliphatic hydroxyl groups excluding tert-OH is 1. The van der Waals surface area contributed by atoms with Crippen molar-refractivity contribution in [1.82, 2.24) is 9.80 Å². The number of rotatable bonds is 9. The van der Waals surface area contributed by atoms with Crippen LogP contribution < -0.4 is 0 Å². The first kappa shape index (κ1) is 16.0. The Morgan fingerprint density at radius 3 is 2.12 bits per heavy atom. The van der Waals surface area contributed by atoms with Crippen LogP contribution in [0.2, 0.25) is 0 Å². The molecule has 0 saturated carbocycles. The highest BCUT2D eigenvalue weighted by Gasteiger charge is 2.12. The second kappa shape index (κ2) is 10.2. The van der Waals surface area contributed by atoms with E-state index < -0.39 is 0 Å². The molecule has 0 aromatic rings. The Kier molecular flexibility index (Phi) is 9.57. The average molecular weight is 236 g/mol. The Labute approximate surface area is 106 Å². The van der Waals surface area contributed by atoms with Gasteiger partial charge in [0.25, 0.3) is 0 Å². The minimum Gasteiger partial charge on any atom is -0.390 e. The molecule has 0 spiro atoms. The van der Waals surface area contributed by atoms with Crippen LogP contribution in [0.3, 0.4) is 0 Å². The first-order valence-electron chi connectivity index (χ1n) is 6.17. The van der Waals surface area contributed by atoms with Crippen LogP contribution in [0.4, 0.5) is 0 Å². The van der Waals surface area contributed by atoms with Crippen molar-refractivity contribution in [3.63, 3.8) is 0 Å². The van der Waals surface area contributed by atoms with Crippen molar-refractivity contribution in [1.29, 1.82) is 0 Å². The van der Waals surface area contributed by atoms with Gasteiger partial charge in [-0.05, 0) is 13.1 Å². The third kappa shape index (κ3) is 7.82. The van der Waals surface area contributed by atoms with Crippen LogP contribution in [0.15, 0.2) is 0 Å². The fourth-order valence-corrected chi connectivity index (χ4v) is 1.69. The summed E-state index contributed by atoms with van der Waals surface area (Å²) in [6.45, 7) is 8.57. The molecule has 0 radical (unpaired) electrons. The Bertz CT molecular complexity index is 264. The number of nitrogens with zero attached hydrogens (tertiary/aromatic N) is 2. The maximum Gasteiger partial charge on any atom is 0.0794 e. The summed E-state index contributed by atoms with van der Waals surface area (Å²) in [6, 6.07) is 0. The third-order valence-corrected chi connectivity index (χ3v) is 2.72. The lowest BCUT2D eigenvalue weighted by Crippen LogP contribution is -2.40. The van der Waals surface area contributed by atoms with Crippen LogP contribution in [0.5, 0.6) is 0 Å². The van der Waals surface area contributed by atoms with Gasteiger partial charge in [-0.1, -0.05) is 19.8 Å². The normalized spacial score (nSPS) is 12.4. The van der Waals surface area contributed by atoms with Gasteiger partial charge >= 0.3 is 0 Å². The zero-order valence-electron chi connectivity index (χ0n) is 11.0. The SMILES string of the molecule is C#CCCN(CC)CC(O)CN(CC)CC#C. The lowest BCUT2D eigenvalue weighted by atomic mass is 10.2. The van der Waals surface area contributed by atoms with Gasteiger partial charge in [-0.25, -0.2) is 0 Å². The largest absolute Gasteiger partial charge is 0.390 e. The highest BCUT2D eigenvalue weighted by Crippen LogP contribution is 1.98. The number of terminal acetylenes is 2. The number of likely N-dealkylation sites (N-methyl/N-ethyl adjacent to an activating group) is 2. The molecule has 0 bridgehead atoms. The van der Waals surface area contributed by atoms with Gasteiger partial charge < -0.3 is 10.0 Å². The van der Waals surface area contributed by atoms with Gasteiger partial charge in [0.2, 0.25) is 0 Å². The predicted molar refractivity (Wildman–Crippen MR) is 72.5 cm³/mol. The Morgan fingerprint density at radius 2 is 1.65 bits per heavy atom. The van der Waals surface area contributed by atoms with Gasteiger partial charge in [0.1, 0.15) is 0 Å². The third-order valence-electron chi connectivity index (χ3n) is 2.72. The molecule has 0 rings (SSSR count). The van der Waals surface area contributed by atoms with E-state index in [1.54, 1.807) is 0 Å². The molecule has 1 unspecified atom stereocenters. The number of hydrogen-bond donors (Lipinski definition) is 1. The Morgan fingerprint density at radius 1 is 1.06 bits per heavy atom. The zero-order chi connectivity index (χ0) is 13.1. The van der Waals surface area contributed by atoms with E-state index in [0.29, 0.717) is 19.6 Å². The van der Waals surface area contributed by atoms with Gasteiger partial charge in [0, 0.05) is 26.1 Å². The molecule has 0 heterocycles. The minimum absolute atomic E-state index is 0.374. The maximum atomic E-state index is 9.97. The Hall–Kier alpha value is -1.00. The molecule has 0 fully saturated rings. The first-order chi connectivity index (χ1) is 8.17. The van der Waals surface area contributed by atoms with Crippen LogP contribution in [0, 0.1) is 24.7 Å². The molecule has 96 valence electrons.